The summed E-state index contributed by atoms with van der Waals surface area (Å²) in [6, 6.07) is 23.8. The van der Waals surface area contributed by atoms with Gasteiger partial charge >= 0.3 is 0 Å². The summed E-state index contributed by atoms with van der Waals surface area (Å²) in [5, 5.41) is 8.30. The molecule has 0 radical (unpaired) electrons. The summed E-state index contributed by atoms with van der Waals surface area (Å²) in [6.45, 7) is 0. The maximum Gasteiger partial charge on any atom is 0.131 e. The third-order valence-corrected chi connectivity index (χ3v) is 4.89. The van der Waals surface area contributed by atoms with Crippen LogP contribution in [0.3, 0.4) is 0 Å². The van der Waals surface area contributed by atoms with Crippen molar-refractivity contribution in [2.75, 3.05) is 14.2 Å². The summed E-state index contributed by atoms with van der Waals surface area (Å²) in [5.41, 5.74) is 5.98. The zero-order chi connectivity index (χ0) is 19.5. The van der Waals surface area contributed by atoms with Gasteiger partial charge in [0.25, 0.3) is 0 Å². The molecule has 1 heterocycles. The Bertz CT molecular complexity index is 1090. The second-order valence-corrected chi connectivity index (χ2v) is 6.75. The molecule has 0 aliphatic carbocycles. The van der Waals surface area contributed by atoms with Crippen molar-refractivity contribution in [3.63, 3.8) is 0 Å². The number of hydrogen-bond donors (Lipinski definition) is 1. The van der Waals surface area contributed by atoms with Crippen molar-refractivity contribution >= 4 is 11.6 Å². The van der Waals surface area contributed by atoms with Gasteiger partial charge in [-0.2, -0.15) is 5.10 Å². The molecule has 4 aromatic rings. The number of hydrogen-bond acceptors (Lipinski definition) is 3. The van der Waals surface area contributed by atoms with Crippen molar-refractivity contribution in [3.05, 3.63) is 77.8 Å². The van der Waals surface area contributed by atoms with Crippen LogP contribution in [0.15, 0.2) is 72.8 Å². The Morgan fingerprint density at radius 1 is 0.750 bits per heavy atom. The molecule has 1 aromatic heterocycles. The van der Waals surface area contributed by atoms with Gasteiger partial charge in [0.2, 0.25) is 0 Å². The van der Waals surface area contributed by atoms with Gasteiger partial charge in [-0.25, -0.2) is 0 Å². The summed E-state index contributed by atoms with van der Waals surface area (Å²) in [6.07, 6.45) is 0. The number of methoxy groups -OCH3 is 2. The third kappa shape index (κ3) is 3.59. The number of aromatic amines is 1. The van der Waals surface area contributed by atoms with Crippen molar-refractivity contribution in [2.45, 2.75) is 0 Å². The third-order valence-electron chi connectivity index (χ3n) is 4.63. The molecule has 5 heteroatoms. The van der Waals surface area contributed by atoms with Gasteiger partial charge in [0, 0.05) is 22.2 Å². The Hall–Kier alpha value is -3.24. The summed E-state index contributed by atoms with van der Waals surface area (Å²) in [7, 11) is 3.28. The first-order valence-corrected chi connectivity index (χ1v) is 9.20. The fourth-order valence-corrected chi connectivity index (χ4v) is 3.23. The largest absolute Gasteiger partial charge is 0.497 e. The molecule has 0 spiro atoms. The monoisotopic (exact) mass is 390 g/mol. The molecule has 0 atom stereocenters. The Morgan fingerprint density at radius 2 is 1.39 bits per heavy atom. The van der Waals surface area contributed by atoms with Crippen LogP contribution in [0.4, 0.5) is 0 Å². The highest BCUT2D eigenvalue weighted by Gasteiger charge is 2.12. The molecular formula is C23H19ClN2O2. The number of nitrogens with zero attached hydrogens (tertiary/aromatic N) is 1. The lowest BCUT2D eigenvalue weighted by atomic mass is 10.0. The van der Waals surface area contributed by atoms with E-state index >= 15 is 0 Å². The van der Waals surface area contributed by atoms with E-state index in [1.807, 2.05) is 48.5 Å². The van der Waals surface area contributed by atoms with Gasteiger partial charge in [-0.15, -0.1) is 0 Å². The van der Waals surface area contributed by atoms with Crippen molar-refractivity contribution in [2.24, 2.45) is 0 Å². The van der Waals surface area contributed by atoms with E-state index < -0.39 is 0 Å². The molecule has 0 amide bonds. The first kappa shape index (κ1) is 18.1. The van der Waals surface area contributed by atoms with Crippen molar-refractivity contribution in [1.29, 1.82) is 0 Å². The van der Waals surface area contributed by atoms with Gasteiger partial charge in [-0.05, 0) is 41.5 Å². The quantitative estimate of drug-likeness (QED) is 0.449. The maximum atomic E-state index is 5.97. The standard InChI is InChI=1S/C23H19ClN2O2/c1-27-19-11-12-20(23(13-19)28-2)22-14-21(25-26-22)17-5-3-15(4-6-17)16-7-9-18(24)10-8-16/h3-14H,1-2H3,(H,25,26). The van der Waals surface area contributed by atoms with Gasteiger partial charge in [-0.3, -0.25) is 5.10 Å². The van der Waals surface area contributed by atoms with E-state index in [4.69, 9.17) is 21.1 Å². The molecule has 140 valence electrons. The highest BCUT2D eigenvalue weighted by atomic mass is 35.5. The summed E-state index contributed by atoms with van der Waals surface area (Å²) in [4.78, 5) is 0. The second kappa shape index (κ2) is 7.79. The zero-order valence-electron chi connectivity index (χ0n) is 15.6. The average Bonchev–Trinajstić information content (AvgIpc) is 3.24. The van der Waals surface area contributed by atoms with Crippen LogP contribution in [0.5, 0.6) is 11.5 Å². The molecule has 0 unspecified atom stereocenters. The molecule has 0 bridgehead atoms. The number of ether oxygens (including phenoxy) is 2. The first-order valence-electron chi connectivity index (χ1n) is 8.82. The molecule has 0 aliphatic heterocycles. The van der Waals surface area contributed by atoms with E-state index in [-0.39, 0.29) is 0 Å². The maximum absolute atomic E-state index is 5.97. The van der Waals surface area contributed by atoms with E-state index in [2.05, 4.69) is 34.5 Å². The molecule has 0 saturated carbocycles. The Balaban J connectivity index is 1.62. The minimum absolute atomic E-state index is 0.729. The van der Waals surface area contributed by atoms with E-state index in [1.54, 1.807) is 14.2 Å². The molecule has 0 fully saturated rings. The minimum Gasteiger partial charge on any atom is -0.497 e. The van der Waals surface area contributed by atoms with E-state index in [0.717, 1.165) is 50.2 Å². The molecule has 3 aromatic carbocycles. The summed E-state index contributed by atoms with van der Waals surface area (Å²) < 4.78 is 10.8. The lowest BCUT2D eigenvalue weighted by molar-refractivity contribution is 0.395. The van der Waals surface area contributed by atoms with Crippen LogP contribution in [0.1, 0.15) is 0 Å². The topological polar surface area (TPSA) is 47.1 Å². The molecular weight excluding hydrogens is 372 g/mol. The first-order chi connectivity index (χ1) is 13.7. The van der Waals surface area contributed by atoms with Gasteiger partial charge in [-0.1, -0.05) is 48.0 Å². The van der Waals surface area contributed by atoms with E-state index in [0.29, 0.717) is 0 Å². The van der Waals surface area contributed by atoms with Gasteiger partial charge in [0.1, 0.15) is 11.5 Å². The Morgan fingerprint density at radius 3 is 2.04 bits per heavy atom. The van der Waals surface area contributed by atoms with Gasteiger partial charge < -0.3 is 9.47 Å². The number of H-pyrrole nitrogens is 1. The second-order valence-electron chi connectivity index (χ2n) is 6.32. The lowest BCUT2D eigenvalue weighted by Gasteiger charge is -2.08. The van der Waals surface area contributed by atoms with Crippen molar-refractivity contribution < 1.29 is 9.47 Å². The fraction of sp³-hybridized carbons (Fsp3) is 0.0870. The lowest BCUT2D eigenvalue weighted by Crippen LogP contribution is -1.90. The number of aromatic nitrogens is 2. The summed E-state index contributed by atoms with van der Waals surface area (Å²) >= 11 is 5.97. The van der Waals surface area contributed by atoms with Crippen LogP contribution in [0, 0.1) is 0 Å². The highest BCUT2D eigenvalue weighted by molar-refractivity contribution is 6.30. The molecule has 0 aliphatic rings. The number of benzene rings is 3. The zero-order valence-corrected chi connectivity index (χ0v) is 16.3. The summed E-state index contributed by atoms with van der Waals surface area (Å²) in [5.74, 6) is 1.48. The molecule has 4 nitrogen and oxygen atoms in total. The van der Waals surface area contributed by atoms with Crippen LogP contribution in [-0.2, 0) is 0 Å². The molecule has 1 N–H and O–H groups in total. The Kier molecular flexibility index (Phi) is 5.04. The normalized spacial score (nSPS) is 10.7. The van der Waals surface area contributed by atoms with Gasteiger partial charge in [0.15, 0.2) is 0 Å². The number of rotatable bonds is 5. The van der Waals surface area contributed by atoms with Crippen LogP contribution in [0.25, 0.3) is 33.6 Å². The van der Waals surface area contributed by atoms with Crippen LogP contribution >= 0.6 is 11.6 Å². The number of halogens is 1. The smallest absolute Gasteiger partial charge is 0.131 e. The Labute approximate surface area is 168 Å². The average molecular weight is 391 g/mol. The van der Waals surface area contributed by atoms with E-state index in [1.165, 1.54) is 0 Å². The predicted molar refractivity (Wildman–Crippen MR) is 113 cm³/mol. The van der Waals surface area contributed by atoms with Crippen LogP contribution in [0.2, 0.25) is 5.02 Å². The molecule has 28 heavy (non-hydrogen) atoms. The fourth-order valence-electron chi connectivity index (χ4n) is 3.10. The highest BCUT2D eigenvalue weighted by Crippen LogP contribution is 2.34. The van der Waals surface area contributed by atoms with Crippen molar-refractivity contribution in [1.82, 2.24) is 10.2 Å². The minimum atomic E-state index is 0.729. The van der Waals surface area contributed by atoms with Gasteiger partial charge in [0.05, 0.1) is 25.6 Å². The van der Waals surface area contributed by atoms with Crippen molar-refractivity contribution in [3.8, 4) is 45.1 Å². The number of nitrogens with one attached hydrogen (secondary N) is 1. The van der Waals surface area contributed by atoms with Crippen LogP contribution in [-0.4, -0.2) is 24.4 Å². The van der Waals surface area contributed by atoms with E-state index in [9.17, 15) is 0 Å². The SMILES string of the molecule is COc1ccc(-c2cc(-c3ccc(-c4ccc(Cl)cc4)cc3)n[nH]2)c(OC)c1. The predicted octanol–water partition coefficient (Wildman–Crippen LogP) is 6.08. The molecule has 4 rings (SSSR count). The molecule has 0 saturated heterocycles. The van der Waals surface area contributed by atoms with Crippen LogP contribution < -0.4 is 9.47 Å².